The quantitative estimate of drug-likeness (QED) is 0.419. The summed E-state index contributed by atoms with van der Waals surface area (Å²) in [5.74, 6) is 0.202. The molecule has 0 amide bonds. The number of aldehydes is 1. The number of rotatable bonds is 4. The van der Waals surface area contributed by atoms with Gasteiger partial charge in [0.05, 0.1) is 0 Å². The van der Waals surface area contributed by atoms with Gasteiger partial charge in [0, 0.05) is 17.2 Å². The maximum absolute atomic E-state index is 12.0. The average Bonchev–Trinajstić information content (AvgIpc) is 3.06. The van der Waals surface area contributed by atoms with Crippen molar-refractivity contribution < 1.29 is 18.8 Å². The third-order valence-electron chi connectivity index (χ3n) is 3.00. The van der Waals surface area contributed by atoms with E-state index in [-0.39, 0.29) is 5.69 Å². The van der Waals surface area contributed by atoms with E-state index in [1.54, 1.807) is 24.3 Å². The molecule has 2 aromatic carbocycles. The molecule has 5 heteroatoms. The number of carbonyl (C=O) groups excluding carboxylic acids is 2. The lowest BCUT2D eigenvalue weighted by Gasteiger charge is -2.01. The normalized spacial score (nSPS) is 10.2. The molecule has 3 aromatic rings. The molecule has 108 valence electrons. The number of ether oxygens (including phenoxy) is 1. The minimum absolute atomic E-state index is 0.0818. The lowest BCUT2D eigenvalue weighted by Crippen LogP contribution is -2.08. The van der Waals surface area contributed by atoms with Gasteiger partial charge in [0.15, 0.2) is 11.5 Å². The van der Waals surface area contributed by atoms with Gasteiger partial charge >= 0.3 is 5.97 Å². The van der Waals surface area contributed by atoms with Crippen molar-refractivity contribution in [3.05, 3.63) is 71.9 Å². The minimum Gasteiger partial charge on any atom is -0.422 e. The van der Waals surface area contributed by atoms with E-state index in [0.29, 0.717) is 17.1 Å². The van der Waals surface area contributed by atoms with E-state index in [0.717, 1.165) is 11.8 Å². The van der Waals surface area contributed by atoms with Crippen LogP contribution in [0, 0.1) is 0 Å². The first-order valence-electron chi connectivity index (χ1n) is 6.56. The molecule has 0 spiro atoms. The van der Waals surface area contributed by atoms with Crippen LogP contribution >= 0.6 is 0 Å². The largest absolute Gasteiger partial charge is 0.422 e. The number of hydrogen-bond acceptors (Lipinski definition) is 5. The summed E-state index contributed by atoms with van der Waals surface area (Å²) in [4.78, 5) is 22.6. The zero-order valence-electron chi connectivity index (χ0n) is 11.4. The van der Waals surface area contributed by atoms with Crippen molar-refractivity contribution in [2.75, 3.05) is 0 Å². The van der Waals surface area contributed by atoms with Gasteiger partial charge in [-0.05, 0) is 24.3 Å². The molecule has 0 fully saturated rings. The van der Waals surface area contributed by atoms with Crippen LogP contribution < -0.4 is 4.74 Å². The molecule has 0 N–H and O–H groups in total. The molecule has 0 saturated carbocycles. The summed E-state index contributed by atoms with van der Waals surface area (Å²) in [5.41, 5.74) is 1.41. The second kappa shape index (κ2) is 6.05. The molecular formula is C17H11NO4. The van der Waals surface area contributed by atoms with E-state index in [1.165, 1.54) is 6.07 Å². The van der Waals surface area contributed by atoms with E-state index >= 15 is 0 Å². The van der Waals surface area contributed by atoms with Crippen molar-refractivity contribution in [1.82, 2.24) is 5.16 Å². The van der Waals surface area contributed by atoms with Gasteiger partial charge < -0.3 is 9.26 Å². The molecule has 0 radical (unpaired) electrons. The molecule has 0 saturated heterocycles. The Morgan fingerprint density at radius 1 is 1.05 bits per heavy atom. The van der Waals surface area contributed by atoms with Crippen LogP contribution in [-0.4, -0.2) is 17.4 Å². The van der Waals surface area contributed by atoms with Crippen LogP contribution in [0.15, 0.2) is 65.2 Å². The number of aromatic nitrogens is 1. The van der Waals surface area contributed by atoms with Crippen molar-refractivity contribution in [3.63, 3.8) is 0 Å². The van der Waals surface area contributed by atoms with Crippen molar-refractivity contribution in [2.24, 2.45) is 0 Å². The van der Waals surface area contributed by atoms with Gasteiger partial charge in [-0.3, -0.25) is 4.79 Å². The molecule has 0 aliphatic carbocycles. The third kappa shape index (κ3) is 2.93. The summed E-state index contributed by atoms with van der Waals surface area (Å²) in [6.45, 7) is 0. The van der Waals surface area contributed by atoms with Crippen molar-refractivity contribution in [3.8, 4) is 17.1 Å². The highest BCUT2D eigenvalue weighted by atomic mass is 16.5. The summed E-state index contributed by atoms with van der Waals surface area (Å²) in [7, 11) is 0. The Morgan fingerprint density at radius 3 is 2.45 bits per heavy atom. The summed E-state index contributed by atoms with van der Waals surface area (Å²) < 4.78 is 10.3. The van der Waals surface area contributed by atoms with Gasteiger partial charge in [-0.15, -0.1) is 0 Å². The van der Waals surface area contributed by atoms with Gasteiger partial charge in [0.25, 0.3) is 0 Å². The SMILES string of the molecule is O=Cc1ccc(OC(=O)c2cc(-c3ccccc3)on2)cc1. The monoisotopic (exact) mass is 293 g/mol. The van der Waals surface area contributed by atoms with Gasteiger partial charge in [-0.1, -0.05) is 35.5 Å². The first-order chi connectivity index (χ1) is 10.8. The number of hydrogen-bond donors (Lipinski definition) is 0. The van der Waals surface area contributed by atoms with Crippen molar-refractivity contribution in [1.29, 1.82) is 0 Å². The maximum atomic E-state index is 12.0. The molecule has 0 unspecified atom stereocenters. The van der Waals surface area contributed by atoms with Gasteiger partial charge in [0.2, 0.25) is 0 Å². The summed E-state index contributed by atoms with van der Waals surface area (Å²) in [6, 6.07) is 17.1. The Kier molecular flexibility index (Phi) is 3.78. The molecule has 1 heterocycles. The zero-order valence-corrected chi connectivity index (χ0v) is 11.4. The molecule has 0 aliphatic rings. The summed E-state index contributed by atoms with van der Waals surface area (Å²) >= 11 is 0. The van der Waals surface area contributed by atoms with Crippen LogP contribution in [0.5, 0.6) is 5.75 Å². The van der Waals surface area contributed by atoms with E-state index in [1.807, 2.05) is 30.3 Å². The van der Waals surface area contributed by atoms with E-state index in [4.69, 9.17) is 9.26 Å². The smallest absolute Gasteiger partial charge is 0.365 e. The number of esters is 1. The lowest BCUT2D eigenvalue weighted by atomic mass is 10.2. The van der Waals surface area contributed by atoms with E-state index < -0.39 is 5.97 Å². The first kappa shape index (κ1) is 13.8. The fourth-order valence-corrected chi connectivity index (χ4v) is 1.88. The molecular weight excluding hydrogens is 282 g/mol. The van der Waals surface area contributed by atoms with Crippen LogP contribution in [0.1, 0.15) is 20.8 Å². The predicted molar refractivity (Wildman–Crippen MR) is 78.7 cm³/mol. The molecule has 0 bridgehead atoms. The fourth-order valence-electron chi connectivity index (χ4n) is 1.88. The van der Waals surface area contributed by atoms with Crippen LogP contribution in [-0.2, 0) is 0 Å². The highest BCUT2D eigenvalue weighted by molar-refractivity contribution is 5.90. The minimum atomic E-state index is -0.621. The van der Waals surface area contributed by atoms with Crippen molar-refractivity contribution >= 4 is 12.3 Å². The van der Waals surface area contributed by atoms with E-state index in [9.17, 15) is 9.59 Å². The van der Waals surface area contributed by atoms with Gasteiger partial charge in [-0.2, -0.15) is 0 Å². The molecule has 0 aliphatic heterocycles. The number of carbonyl (C=O) groups is 2. The van der Waals surface area contributed by atoms with Crippen LogP contribution in [0.4, 0.5) is 0 Å². The zero-order chi connectivity index (χ0) is 15.4. The van der Waals surface area contributed by atoms with Crippen molar-refractivity contribution in [2.45, 2.75) is 0 Å². The summed E-state index contributed by atoms with van der Waals surface area (Å²) in [6.07, 6.45) is 0.718. The summed E-state index contributed by atoms with van der Waals surface area (Å²) in [5, 5.41) is 3.72. The first-order valence-corrected chi connectivity index (χ1v) is 6.56. The molecule has 0 atom stereocenters. The molecule has 22 heavy (non-hydrogen) atoms. The Labute approximate surface area is 126 Å². The molecule has 1 aromatic heterocycles. The standard InChI is InChI=1S/C17H11NO4/c19-11-12-6-8-14(9-7-12)21-17(20)15-10-16(22-18-15)13-4-2-1-3-5-13/h1-11H. The second-order valence-corrected chi connectivity index (χ2v) is 4.52. The Morgan fingerprint density at radius 2 is 1.77 bits per heavy atom. The topological polar surface area (TPSA) is 69.4 Å². The third-order valence-corrected chi connectivity index (χ3v) is 3.00. The molecule has 5 nitrogen and oxygen atoms in total. The molecule has 3 rings (SSSR count). The van der Waals surface area contributed by atoms with E-state index in [2.05, 4.69) is 5.16 Å². The lowest BCUT2D eigenvalue weighted by molar-refractivity contribution is 0.0724. The highest BCUT2D eigenvalue weighted by Gasteiger charge is 2.15. The van der Waals surface area contributed by atoms with Crippen LogP contribution in [0.25, 0.3) is 11.3 Å². The second-order valence-electron chi connectivity index (χ2n) is 4.52. The van der Waals surface area contributed by atoms with Crippen LogP contribution in [0.3, 0.4) is 0 Å². The fraction of sp³-hybridized carbons (Fsp3) is 0. The number of benzene rings is 2. The van der Waals surface area contributed by atoms with Crippen LogP contribution in [0.2, 0.25) is 0 Å². The van der Waals surface area contributed by atoms with Gasteiger partial charge in [-0.25, -0.2) is 4.79 Å². The maximum Gasteiger partial charge on any atom is 0.365 e. The Bertz CT molecular complexity index is 791. The Balaban J connectivity index is 1.75. The predicted octanol–water partition coefficient (Wildman–Crippen LogP) is 3.37. The van der Waals surface area contributed by atoms with Gasteiger partial charge in [0.1, 0.15) is 12.0 Å². The average molecular weight is 293 g/mol. The Hall–Kier alpha value is -3.21. The number of nitrogens with zero attached hydrogens (tertiary/aromatic N) is 1. The highest BCUT2D eigenvalue weighted by Crippen LogP contribution is 2.21.